The fourth-order valence-electron chi connectivity index (χ4n) is 7.11. The molecule has 1 amide bonds. The van der Waals surface area contributed by atoms with Crippen molar-refractivity contribution < 1.29 is 15.0 Å². The average Bonchev–Trinajstić information content (AvgIpc) is 3.13. The molecule has 0 radical (unpaired) electrons. The molecule has 0 spiro atoms. The van der Waals surface area contributed by atoms with Crippen LogP contribution >= 0.6 is 0 Å². The minimum Gasteiger partial charge on any atom is -0.394 e. The van der Waals surface area contributed by atoms with Gasteiger partial charge in [0.15, 0.2) is 0 Å². The fraction of sp³-hybridized carbons (Fsp3) is 0.894. The lowest BCUT2D eigenvalue weighted by Crippen LogP contribution is -2.45. The fourth-order valence-corrected chi connectivity index (χ4v) is 7.11. The van der Waals surface area contributed by atoms with E-state index in [9.17, 15) is 15.0 Å². The molecule has 0 aliphatic carbocycles. The molecule has 4 nitrogen and oxygen atoms in total. The molecule has 302 valence electrons. The Labute approximate surface area is 319 Å². The maximum Gasteiger partial charge on any atom is 0.220 e. The van der Waals surface area contributed by atoms with Crippen LogP contribution in [0.25, 0.3) is 0 Å². The molecule has 0 aromatic heterocycles. The summed E-state index contributed by atoms with van der Waals surface area (Å²) < 4.78 is 0. The van der Waals surface area contributed by atoms with Crippen molar-refractivity contribution in [3.05, 3.63) is 24.3 Å². The van der Waals surface area contributed by atoms with E-state index in [4.69, 9.17) is 0 Å². The van der Waals surface area contributed by atoms with Gasteiger partial charge in [0.05, 0.1) is 18.8 Å². The van der Waals surface area contributed by atoms with E-state index in [0.29, 0.717) is 6.42 Å². The molecule has 51 heavy (non-hydrogen) atoms. The van der Waals surface area contributed by atoms with Gasteiger partial charge in [-0.1, -0.05) is 224 Å². The van der Waals surface area contributed by atoms with E-state index in [1.165, 1.54) is 205 Å². The summed E-state index contributed by atoms with van der Waals surface area (Å²) in [5, 5.41) is 23.1. The maximum absolute atomic E-state index is 12.4. The third-order valence-electron chi connectivity index (χ3n) is 10.7. The molecule has 0 saturated heterocycles. The van der Waals surface area contributed by atoms with Crippen LogP contribution in [0.3, 0.4) is 0 Å². The van der Waals surface area contributed by atoms with Gasteiger partial charge in [-0.25, -0.2) is 0 Å². The second kappa shape index (κ2) is 43.3. The number of carbonyl (C=O) groups excluding carboxylic acids is 1. The van der Waals surface area contributed by atoms with E-state index in [2.05, 4.69) is 31.3 Å². The topological polar surface area (TPSA) is 69.6 Å². The van der Waals surface area contributed by atoms with Crippen LogP contribution in [0.1, 0.15) is 251 Å². The van der Waals surface area contributed by atoms with Gasteiger partial charge >= 0.3 is 0 Å². The van der Waals surface area contributed by atoms with Crippen LogP contribution < -0.4 is 5.32 Å². The van der Waals surface area contributed by atoms with Crippen molar-refractivity contribution in [3.8, 4) is 0 Å². The highest BCUT2D eigenvalue weighted by molar-refractivity contribution is 5.76. The van der Waals surface area contributed by atoms with Gasteiger partial charge in [-0.3, -0.25) is 4.79 Å². The Morgan fingerprint density at radius 1 is 0.451 bits per heavy atom. The summed E-state index contributed by atoms with van der Waals surface area (Å²) in [4.78, 5) is 12.4. The number of aliphatic hydroxyl groups is 2. The number of rotatable bonds is 42. The Balaban J connectivity index is 3.54. The molecule has 2 atom stereocenters. The molecule has 0 aromatic rings. The highest BCUT2D eigenvalue weighted by Gasteiger charge is 2.17. The first-order valence-corrected chi connectivity index (χ1v) is 23.1. The first-order valence-electron chi connectivity index (χ1n) is 23.1. The molecule has 0 aromatic carbocycles. The first-order chi connectivity index (χ1) is 25.2. The second-order valence-electron chi connectivity index (χ2n) is 15.8. The zero-order valence-electron chi connectivity index (χ0n) is 34.6. The van der Waals surface area contributed by atoms with Gasteiger partial charge in [0, 0.05) is 6.42 Å². The molecule has 0 aliphatic heterocycles. The average molecular weight is 718 g/mol. The lowest BCUT2D eigenvalue weighted by molar-refractivity contribution is -0.123. The van der Waals surface area contributed by atoms with Gasteiger partial charge < -0.3 is 15.5 Å². The Morgan fingerprint density at radius 3 is 1.08 bits per heavy atom. The number of amides is 1. The highest BCUT2D eigenvalue weighted by Crippen LogP contribution is 2.16. The minimum atomic E-state index is -0.837. The van der Waals surface area contributed by atoms with E-state index < -0.39 is 12.1 Å². The summed E-state index contributed by atoms with van der Waals surface area (Å²) in [6.45, 7) is 4.32. The zero-order chi connectivity index (χ0) is 37.1. The van der Waals surface area contributed by atoms with Gasteiger partial charge in [0.2, 0.25) is 5.91 Å². The predicted octanol–water partition coefficient (Wildman–Crippen LogP) is 14.4. The van der Waals surface area contributed by atoms with Crippen molar-refractivity contribution in [2.24, 2.45) is 0 Å². The van der Waals surface area contributed by atoms with Gasteiger partial charge in [0.25, 0.3) is 0 Å². The summed E-state index contributed by atoms with van der Waals surface area (Å²) in [5.41, 5.74) is 0. The van der Waals surface area contributed by atoms with Crippen LogP contribution in [-0.4, -0.2) is 34.9 Å². The summed E-state index contributed by atoms with van der Waals surface area (Å²) in [6, 6.07) is -0.620. The van der Waals surface area contributed by atoms with Crippen LogP contribution in [0, 0.1) is 0 Å². The van der Waals surface area contributed by atoms with Gasteiger partial charge in [0.1, 0.15) is 0 Å². The summed E-state index contributed by atoms with van der Waals surface area (Å²) in [5.74, 6) is -0.0639. The Bertz CT molecular complexity index is 735. The number of allylic oxidation sites excluding steroid dienone is 3. The lowest BCUT2D eigenvalue weighted by Gasteiger charge is -2.20. The normalized spacial score (nSPS) is 13.1. The van der Waals surface area contributed by atoms with Crippen molar-refractivity contribution in [1.29, 1.82) is 0 Å². The van der Waals surface area contributed by atoms with E-state index in [0.717, 1.165) is 25.7 Å². The molecule has 0 saturated carbocycles. The SMILES string of the molecule is CCCCCCCC/C=C\CCCCCCCCCCCC(=O)NC(CO)C(O)/C=C/CCCCCCCCCCCCCCCCCCCC. The highest BCUT2D eigenvalue weighted by atomic mass is 16.3. The quantitative estimate of drug-likeness (QED) is 0.0435. The molecule has 0 heterocycles. The molecule has 2 unspecified atom stereocenters. The summed E-state index contributed by atoms with van der Waals surface area (Å²) in [7, 11) is 0. The van der Waals surface area contributed by atoms with Crippen molar-refractivity contribution >= 4 is 5.91 Å². The smallest absolute Gasteiger partial charge is 0.220 e. The summed E-state index contributed by atoms with van der Waals surface area (Å²) >= 11 is 0. The number of unbranched alkanes of at least 4 members (excludes halogenated alkanes) is 33. The number of aliphatic hydroxyl groups excluding tert-OH is 2. The largest absolute Gasteiger partial charge is 0.394 e. The van der Waals surface area contributed by atoms with Crippen LogP contribution in [0.5, 0.6) is 0 Å². The van der Waals surface area contributed by atoms with Crippen LogP contribution in [0.4, 0.5) is 0 Å². The Hall–Kier alpha value is -1.13. The number of nitrogens with one attached hydrogen (secondary N) is 1. The van der Waals surface area contributed by atoms with Crippen molar-refractivity contribution in [1.82, 2.24) is 5.32 Å². The first kappa shape index (κ1) is 49.9. The third kappa shape index (κ3) is 39.9. The number of carbonyl (C=O) groups is 1. The van der Waals surface area contributed by atoms with E-state index in [-0.39, 0.29) is 12.5 Å². The van der Waals surface area contributed by atoms with Crippen LogP contribution in [-0.2, 0) is 4.79 Å². The maximum atomic E-state index is 12.4. The molecule has 4 heteroatoms. The summed E-state index contributed by atoms with van der Waals surface area (Å²) in [6.07, 6.45) is 55.7. The Morgan fingerprint density at radius 2 is 0.745 bits per heavy atom. The second-order valence-corrected chi connectivity index (χ2v) is 15.8. The van der Waals surface area contributed by atoms with Gasteiger partial charge in [-0.15, -0.1) is 0 Å². The molecule has 0 aliphatic rings. The number of hydrogen-bond donors (Lipinski definition) is 3. The molecular formula is C47H91NO3. The standard InChI is InChI=1S/C47H91NO3/c1-3-5-7-9-11-13-15-17-19-21-23-25-26-28-30-32-34-36-38-40-42-46(50)45(44-49)48-47(51)43-41-39-37-35-33-31-29-27-24-22-20-18-16-14-12-10-8-6-4-2/h18,20,40,42,45-46,49-50H,3-17,19,21-39,41,43-44H2,1-2H3,(H,48,51)/b20-18-,42-40+. The van der Waals surface area contributed by atoms with E-state index in [1.807, 2.05) is 6.08 Å². The molecule has 0 fully saturated rings. The molecule has 3 N–H and O–H groups in total. The lowest BCUT2D eigenvalue weighted by atomic mass is 10.0. The molecule has 0 rings (SSSR count). The molecule has 0 bridgehead atoms. The van der Waals surface area contributed by atoms with E-state index >= 15 is 0 Å². The monoisotopic (exact) mass is 718 g/mol. The van der Waals surface area contributed by atoms with Crippen LogP contribution in [0.15, 0.2) is 24.3 Å². The third-order valence-corrected chi connectivity index (χ3v) is 10.7. The van der Waals surface area contributed by atoms with Gasteiger partial charge in [-0.05, 0) is 44.9 Å². The van der Waals surface area contributed by atoms with Crippen molar-refractivity contribution in [2.75, 3.05) is 6.61 Å². The van der Waals surface area contributed by atoms with Crippen molar-refractivity contribution in [3.63, 3.8) is 0 Å². The zero-order valence-corrected chi connectivity index (χ0v) is 34.6. The number of hydrogen-bond acceptors (Lipinski definition) is 3. The Kier molecular flexibility index (Phi) is 42.3. The van der Waals surface area contributed by atoms with Crippen molar-refractivity contribution in [2.45, 2.75) is 264 Å². The van der Waals surface area contributed by atoms with Crippen LogP contribution in [0.2, 0.25) is 0 Å². The predicted molar refractivity (Wildman–Crippen MR) is 225 cm³/mol. The van der Waals surface area contributed by atoms with E-state index in [1.54, 1.807) is 6.08 Å². The minimum absolute atomic E-state index is 0.0639. The van der Waals surface area contributed by atoms with Gasteiger partial charge in [-0.2, -0.15) is 0 Å². The molecular weight excluding hydrogens is 627 g/mol.